The van der Waals surface area contributed by atoms with E-state index >= 15 is 0 Å². The second kappa shape index (κ2) is 9.08. The first-order valence-electron chi connectivity index (χ1n) is 9.28. The van der Waals surface area contributed by atoms with Crippen molar-refractivity contribution in [1.82, 2.24) is 20.2 Å². The van der Waals surface area contributed by atoms with E-state index in [9.17, 15) is 9.59 Å². The number of piperidine rings is 1. The zero-order valence-corrected chi connectivity index (χ0v) is 16.6. The molecule has 0 bridgehead atoms. The van der Waals surface area contributed by atoms with E-state index in [-0.39, 0.29) is 17.9 Å². The third kappa shape index (κ3) is 5.60. The minimum Gasteiger partial charge on any atom is -0.353 e. The van der Waals surface area contributed by atoms with E-state index in [1.165, 1.54) is 17.3 Å². The molecule has 0 saturated carbocycles. The number of likely N-dealkylation sites (tertiary alicyclic amines) is 1. The second-order valence-electron chi connectivity index (χ2n) is 6.91. The number of benzene rings is 1. The van der Waals surface area contributed by atoms with Crippen LogP contribution < -0.4 is 5.32 Å². The zero-order chi connectivity index (χ0) is 19.2. The second-order valence-corrected chi connectivity index (χ2v) is 7.88. The Hall–Kier alpha value is -2.28. The van der Waals surface area contributed by atoms with E-state index in [1.807, 2.05) is 30.0 Å². The van der Waals surface area contributed by atoms with Gasteiger partial charge in [0, 0.05) is 38.2 Å². The quantitative estimate of drug-likeness (QED) is 0.748. The van der Waals surface area contributed by atoms with E-state index in [1.54, 1.807) is 6.92 Å². The summed E-state index contributed by atoms with van der Waals surface area (Å²) < 4.78 is 0. The highest BCUT2D eigenvalue weighted by Crippen LogP contribution is 2.19. The normalized spacial score (nSPS) is 15.0. The largest absolute Gasteiger partial charge is 0.353 e. The van der Waals surface area contributed by atoms with Gasteiger partial charge in [0.1, 0.15) is 0 Å². The number of aromatic nitrogens is 2. The fourth-order valence-electron chi connectivity index (χ4n) is 3.24. The predicted molar refractivity (Wildman–Crippen MR) is 107 cm³/mol. The van der Waals surface area contributed by atoms with E-state index in [0.29, 0.717) is 18.8 Å². The lowest BCUT2D eigenvalue weighted by molar-refractivity contribution is -0.130. The lowest BCUT2D eigenvalue weighted by Crippen LogP contribution is -2.46. The first-order valence-corrected chi connectivity index (χ1v) is 10.3. The molecule has 2 amide bonds. The minimum absolute atomic E-state index is 0.0138. The Bertz CT molecular complexity index is 783. The van der Waals surface area contributed by atoms with Gasteiger partial charge in [-0.15, -0.1) is 0 Å². The number of hydrogen-bond donors (Lipinski definition) is 2. The van der Waals surface area contributed by atoms with Crippen molar-refractivity contribution in [2.24, 2.45) is 0 Å². The van der Waals surface area contributed by atoms with Crippen molar-refractivity contribution in [3.8, 4) is 0 Å². The summed E-state index contributed by atoms with van der Waals surface area (Å²) in [6.45, 7) is 5.03. The average Bonchev–Trinajstić information content (AvgIpc) is 3.01. The number of nitrogens with one attached hydrogen (secondary N) is 2. The van der Waals surface area contributed by atoms with Crippen molar-refractivity contribution in [2.45, 2.75) is 44.3 Å². The Morgan fingerprint density at radius 2 is 1.96 bits per heavy atom. The summed E-state index contributed by atoms with van der Waals surface area (Å²) in [6, 6.07) is 10.4. The van der Waals surface area contributed by atoms with Gasteiger partial charge in [0.2, 0.25) is 11.8 Å². The molecule has 1 aliphatic heterocycles. The fraction of sp³-hybridized carbons (Fsp3) is 0.450. The highest BCUT2D eigenvalue weighted by atomic mass is 32.2. The number of aryl methyl sites for hydroxylation is 1. The molecule has 27 heavy (non-hydrogen) atoms. The highest BCUT2D eigenvalue weighted by Gasteiger charge is 2.22. The van der Waals surface area contributed by atoms with Crippen LogP contribution >= 0.6 is 11.8 Å². The van der Waals surface area contributed by atoms with Crippen molar-refractivity contribution in [1.29, 1.82) is 0 Å². The molecule has 1 aromatic carbocycles. The molecule has 3 rings (SSSR count). The van der Waals surface area contributed by atoms with Gasteiger partial charge in [-0.3, -0.25) is 9.59 Å². The summed E-state index contributed by atoms with van der Waals surface area (Å²) in [5, 5.41) is 3.85. The lowest BCUT2D eigenvalue weighted by Gasteiger charge is -2.31. The topological polar surface area (TPSA) is 78.1 Å². The number of imidazole rings is 1. The molecule has 0 aliphatic carbocycles. The molecule has 1 saturated heterocycles. The molecule has 0 unspecified atom stereocenters. The first-order chi connectivity index (χ1) is 13.0. The molecule has 2 N–H and O–H groups in total. The predicted octanol–water partition coefficient (Wildman–Crippen LogP) is 2.53. The maximum Gasteiger partial charge on any atom is 0.230 e. The number of amides is 2. The van der Waals surface area contributed by atoms with E-state index in [4.69, 9.17) is 0 Å². The molecule has 144 valence electrons. The monoisotopic (exact) mass is 386 g/mol. The van der Waals surface area contributed by atoms with Gasteiger partial charge in [-0.25, -0.2) is 4.98 Å². The van der Waals surface area contributed by atoms with E-state index < -0.39 is 0 Å². The summed E-state index contributed by atoms with van der Waals surface area (Å²) in [5.41, 5.74) is 3.28. The molecule has 2 heterocycles. The van der Waals surface area contributed by atoms with Crippen LogP contribution in [0.5, 0.6) is 0 Å². The molecule has 6 nitrogen and oxygen atoms in total. The molecule has 1 aliphatic rings. The highest BCUT2D eigenvalue weighted by molar-refractivity contribution is 7.99. The summed E-state index contributed by atoms with van der Waals surface area (Å²) >= 11 is 1.42. The van der Waals surface area contributed by atoms with Crippen LogP contribution in [-0.4, -0.2) is 51.6 Å². The fourth-order valence-corrected chi connectivity index (χ4v) is 3.99. The summed E-state index contributed by atoms with van der Waals surface area (Å²) in [6.07, 6.45) is 2.42. The Morgan fingerprint density at radius 3 is 2.63 bits per heavy atom. The molecule has 0 spiro atoms. The molecule has 1 aromatic heterocycles. The Kier molecular flexibility index (Phi) is 6.55. The maximum atomic E-state index is 12.2. The van der Waals surface area contributed by atoms with Crippen LogP contribution in [0.25, 0.3) is 0 Å². The van der Waals surface area contributed by atoms with Crippen molar-refractivity contribution in [3.05, 3.63) is 47.3 Å². The van der Waals surface area contributed by atoms with Crippen LogP contribution in [-0.2, 0) is 16.0 Å². The van der Waals surface area contributed by atoms with Gasteiger partial charge >= 0.3 is 0 Å². The van der Waals surface area contributed by atoms with E-state index in [2.05, 4.69) is 27.4 Å². The number of carbonyl (C=O) groups is 2. The number of H-pyrrole nitrogens is 1. The van der Waals surface area contributed by atoms with Gasteiger partial charge in [-0.1, -0.05) is 42.1 Å². The van der Waals surface area contributed by atoms with E-state index in [0.717, 1.165) is 35.8 Å². The molecule has 2 aromatic rings. The van der Waals surface area contributed by atoms with Gasteiger partial charge in [0.05, 0.1) is 11.4 Å². The standard InChI is InChI=1S/C20H26N4O2S/c1-14-18(12-16-6-4-3-5-7-16)23-20(21-14)27-13-19(26)22-17-8-10-24(11-9-17)15(2)25/h3-7,17H,8-13H2,1-2H3,(H,21,23)(H,22,26). The van der Waals surface area contributed by atoms with Crippen LogP contribution in [0.15, 0.2) is 35.5 Å². The minimum atomic E-state index is 0.0138. The number of rotatable bonds is 6. The molecule has 1 fully saturated rings. The number of nitrogens with zero attached hydrogens (tertiary/aromatic N) is 2. The third-order valence-corrected chi connectivity index (χ3v) is 5.70. The molecular weight excluding hydrogens is 360 g/mol. The van der Waals surface area contributed by atoms with Gasteiger partial charge in [-0.05, 0) is 25.3 Å². The smallest absolute Gasteiger partial charge is 0.230 e. The molecule has 0 radical (unpaired) electrons. The van der Waals surface area contributed by atoms with Crippen molar-refractivity contribution >= 4 is 23.6 Å². The zero-order valence-electron chi connectivity index (χ0n) is 15.8. The van der Waals surface area contributed by atoms with Gasteiger partial charge in [-0.2, -0.15) is 0 Å². The SMILES string of the molecule is CC(=O)N1CCC(NC(=O)CSc2nc(Cc3ccccc3)c(C)[nH]2)CC1. The van der Waals surface area contributed by atoms with Crippen LogP contribution in [0.3, 0.4) is 0 Å². The lowest BCUT2D eigenvalue weighted by atomic mass is 10.1. The average molecular weight is 387 g/mol. The molecular formula is C20H26N4O2S. The number of hydrogen-bond acceptors (Lipinski definition) is 4. The number of aromatic amines is 1. The Balaban J connectivity index is 1.45. The Labute approximate surface area is 164 Å². The number of thioether (sulfide) groups is 1. The third-order valence-electron chi connectivity index (χ3n) is 4.82. The first kappa shape index (κ1) is 19.5. The van der Waals surface area contributed by atoms with Gasteiger partial charge < -0.3 is 15.2 Å². The van der Waals surface area contributed by atoms with Crippen molar-refractivity contribution in [2.75, 3.05) is 18.8 Å². The summed E-state index contributed by atoms with van der Waals surface area (Å²) in [4.78, 5) is 33.3. The molecule has 0 atom stereocenters. The summed E-state index contributed by atoms with van der Waals surface area (Å²) in [5.74, 6) is 0.458. The van der Waals surface area contributed by atoms with Crippen LogP contribution in [0.1, 0.15) is 36.7 Å². The molecule has 7 heteroatoms. The van der Waals surface area contributed by atoms with Crippen LogP contribution in [0.4, 0.5) is 0 Å². The van der Waals surface area contributed by atoms with Gasteiger partial charge in [0.25, 0.3) is 0 Å². The van der Waals surface area contributed by atoms with Crippen molar-refractivity contribution in [3.63, 3.8) is 0 Å². The number of carbonyl (C=O) groups excluding carboxylic acids is 2. The summed E-state index contributed by atoms with van der Waals surface area (Å²) in [7, 11) is 0. The van der Waals surface area contributed by atoms with Crippen LogP contribution in [0, 0.1) is 6.92 Å². The van der Waals surface area contributed by atoms with Crippen molar-refractivity contribution < 1.29 is 9.59 Å². The van der Waals surface area contributed by atoms with Crippen LogP contribution in [0.2, 0.25) is 0 Å². The maximum absolute atomic E-state index is 12.2. The Morgan fingerprint density at radius 1 is 1.26 bits per heavy atom. The van der Waals surface area contributed by atoms with Gasteiger partial charge in [0.15, 0.2) is 5.16 Å².